The van der Waals surface area contributed by atoms with Crippen molar-refractivity contribution >= 4 is 21.6 Å². The highest BCUT2D eigenvalue weighted by molar-refractivity contribution is 9.10. The molecule has 1 aromatic heterocycles. The zero-order valence-corrected chi connectivity index (χ0v) is 13.0. The second-order valence-electron chi connectivity index (χ2n) is 5.08. The number of halogens is 1. The van der Waals surface area contributed by atoms with Crippen molar-refractivity contribution in [2.24, 2.45) is 0 Å². The summed E-state index contributed by atoms with van der Waals surface area (Å²) in [6.45, 7) is 3.88. The number of ether oxygens (including phenoxy) is 1. The molecule has 20 heavy (non-hydrogen) atoms. The number of aromatic nitrogens is 1. The lowest BCUT2D eigenvalue weighted by molar-refractivity contribution is -0.0174. The molecule has 0 saturated carbocycles. The van der Waals surface area contributed by atoms with Gasteiger partial charge in [0.25, 0.3) is 0 Å². The van der Waals surface area contributed by atoms with Gasteiger partial charge in [-0.1, -0.05) is 30.3 Å². The van der Waals surface area contributed by atoms with Crippen molar-refractivity contribution < 1.29 is 4.74 Å². The molecule has 0 bridgehead atoms. The summed E-state index contributed by atoms with van der Waals surface area (Å²) in [4.78, 5) is 6.49. The van der Waals surface area contributed by atoms with E-state index in [-0.39, 0.29) is 12.2 Å². The fourth-order valence-electron chi connectivity index (χ4n) is 2.62. The topological polar surface area (TPSA) is 25.4 Å². The van der Waals surface area contributed by atoms with Gasteiger partial charge in [0.1, 0.15) is 6.10 Å². The first-order valence-electron chi connectivity index (χ1n) is 6.79. The number of hydrogen-bond donors (Lipinski definition) is 0. The minimum Gasteiger partial charge on any atom is -0.367 e. The maximum absolute atomic E-state index is 6.09. The third kappa shape index (κ3) is 2.86. The fourth-order valence-corrected chi connectivity index (χ4v) is 3.13. The van der Waals surface area contributed by atoms with Crippen LogP contribution in [0.15, 0.2) is 53.3 Å². The van der Waals surface area contributed by atoms with Crippen LogP contribution in [0.25, 0.3) is 0 Å². The smallest absolute Gasteiger partial charge is 0.100 e. The molecule has 104 valence electrons. The van der Waals surface area contributed by atoms with E-state index in [0.717, 1.165) is 17.6 Å². The Kier molecular flexibility index (Phi) is 4.03. The number of rotatable bonds is 2. The molecular weight excluding hydrogens is 316 g/mol. The maximum atomic E-state index is 6.09. The van der Waals surface area contributed by atoms with Crippen molar-refractivity contribution in [2.75, 3.05) is 18.0 Å². The molecule has 2 atom stereocenters. The van der Waals surface area contributed by atoms with Crippen LogP contribution in [0.1, 0.15) is 18.6 Å². The quantitative estimate of drug-likeness (QED) is 0.836. The van der Waals surface area contributed by atoms with E-state index in [1.54, 1.807) is 0 Å². The van der Waals surface area contributed by atoms with Crippen LogP contribution in [0, 0.1) is 0 Å². The van der Waals surface area contributed by atoms with Gasteiger partial charge in [-0.2, -0.15) is 0 Å². The zero-order valence-electron chi connectivity index (χ0n) is 11.4. The van der Waals surface area contributed by atoms with Gasteiger partial charge in [-0.3, -0.25) is 4.98 Å². The minimum atomic E-state index is 0.111. The maximum Gasteiger partial charge on any atom is 0.100 e. The second kappa shape index (κ2) is 5.94. The molecule has 1 fully saturated rings. The molecule has 1 aromatic carbocycles. The number of morpholine rings is 1. The first kappa shape index (κ1) is 13.6. The van der Waals surface area contributed by atoms with Crippen LogP contribution in [-0.4, -0.2) is 24.2 Å². The first-order valence-corrected chi connectivity index (χ1v) is 7.58. The van der Waals surface area contributed by atoms with E-state index in [4.69, 9.17) is 4.74 Å². The highest BCUT2D eigenvalue weighted by Crippen LogP contribution is 2.32. The average molecular weight is 333 g/mol. The van der Waals surface area contributed by atoms with Crippen LogP contribution in [0.2, 0.25) is 0 Å². The summed E-state index contributed by atoms with van der Waals surface area (Å²) in [6, 6.07) is 12.5. The molecule has 1 saturated heterocycles. The molecule has 1 aliphatic heterocycles. The molecule has 0 radical (unpaired) electrons. The molecule has 3 rings (SSSR count). The Morgan fingerprint density at radius 1 is 1.20 bits per heavy atom. The number of benzene rings is 1. The lowest BCUT2D eigenvalue weighted by Gasteiger charge is -2.38. The third-order valence-corrected chi connectivity index (χ3v) is 4.13. The molecule has 1 aliphatic rings. The van der Waals surface area contributed by atoms with Crippen LogP contribution in [-0.2, 0) is 4.74 Å². The van der Waals surface area contributed by atoms with E-state index in [9.17, 15) is 0 Å². The highest BCUT2D eigenvalue weighted by atomic mass is 79.9. The second-order valence-corrected chi connectivity index (χ2v) is 5.93. The van der Waals surface area contributed by atoms with Crippen LogP contribution >= 0.6 is 15.9 Å². The van der Waals surface area contributed by atoms with Gasteiger partial charge < -0.3 is 9.64 Å². The van der Waals surface area contributed by atoms with Crippen molar-refractivity contribution in [3.05, 3.63) is 58.8 Å². The lowest BCUT2D eigenvalue weighted by Crippen LogP contribution is -2.43. The number of hydrogen-bond acceptors (Lipinski definition) is 3. The fraction of sp³-hybridized carbons (Fsp3) is 0.312. The van der Waals surface area contributed by atoms with Crippen molar-refractivity contribution in [2.45, 2.75) is 19.1 Å². The number of anilines is 1. The van der Waals surface area contributed by atoms with E-state index in [1.807, 2.05) is 24.5 Å². The summed E-state index contributed by atoms with van der Waals surface area (Å²) < 4.78 is 7.12. The normalized spacial score (nSPS) is 22.8. The Hall–Kier alpha value is -1.39. The molecule has 2 heterocycles. The van der Waals surface area contributed by atoms with Crippen LogP contribution in [0.3, 0.4) is 0 Å². The van der Waals surface area contributed by atoms with E-state index < -0.39 is 0 Å². The van der Waals surface area contributed by atoms with Gasteiger partial charge in [0.05, 0.1) is 16.3 Å². The summed E-state index contributed by atoms with van der Waals surface area (Å²) in [6.07, 6.45) is 3.99. The summed E-state index contributed by atoms with van der Waals surface area (Å²) in [5, 5.41) is 0. The van der Waals surface area contributed by atoms with Crippen LogP contribution in [0.5, 0.6) is 0 Å². The highest BCUT2D eigenvalue weighted by Gasteiger charge is 2.27. The number of pyridine rings is 1. The molecular formula is C16H17BrN2O. The standard InChI is InChI=1S/C16H17BrN2O/c1-12-10-19(15-7-8-18-9-14(15)17)11-16(20-12)13-5-3-2-4-6-13/h2-9,12,16H,10-11H2,1H3/t12-,16+/m0/s1. The Morgan fingerprint density at radius 2 is 2.00 bits per heavy atom. The van der Waals surface area contributed by atoms with Crippen LogP contribution in [0.4, 0.5) is 5.69 Å². The van der Waals surface area contributed by atoms with E-state index >= 15 is 0 Å². The van der Waals surface area contributed by atoms with Gasteiger partial charge in [0, 0.05) is 25.5 Å². The predicted octanol–water partition coefficient (Wildman–Crippen LogP) is 3.81. The Labute approximate surface area is 127 Å². The summed E-state index contributed by atoms with van der Waals surface area (Å²) in [5.41, 5.74) is 2.41. The molecule has 0 aliphatic carbocycles. The minimum absolute atomic E-state index is 0.111. The van der Waals surface area contributed by atoms with E-state index in [2.05, 4.69) is 57.0 Å². The predicted molar refractivity (Wildman–Crippen MR) is 83.9 cm³/mol. The zero-order chi connectivity index (χ0) is 13.9. The monoisotopic (exact) mass is 332 g/mol. The summed E-state index contributed by atoms with van der Waals surface area (Å²) in [7, 11) is 0. The van der Waals surface area contributed by atoms with Crippen LogP contribution < -0.4 is 4.90 Å². The van der Waals surface area contributed by atoms with E-state index in [0.29, 0.717) is 0 Å². The number of nitrogens with zero attached hydrogens (tertiary/aromatic N) is 2. The van der Waals surface area contributed by atoms with Gasteiger partial charge in [-0.25, -0.2) is 0 Å². The average Bonchev–Trinajstić information content (AvgIpc) is 2.48. The summed E-state index contributed by atoms with van der Waals surface area (Å²) >= 11 is 3.58. The van der Waals surface area contributed by atoms with Gasteiger partial charge in [0.2, 0.25) is 0 Å². The largest absolute Gasteiger partial charge is 0.367 e. The first-order chi connectivity index (χ1) is 9.74. The molecule has 0 amide bonds. The van der Waals surface area contributed by atoms with Crippen molar-refractivity contribution in [3.63, 3.8) is 0 Å². The molecule has 0 unspecified atom stereocenters. The van der Waals surface area contributed by atoms with Gasteiger partial charge in [-0.05, 0) is 34.5 Å². The van der Waals surface area contributed by atoms with E-state index in [1.165, 1.54) is 11.3 Å². The lowest BCUT2D eigenvalue weighted by atomic mass is 10.1. The molecule has 2 aromatic rings. The Balaban J connectivity index is 1.85. The van der Waals surface area contributed by atoms with Crippen molar-refractivity contribution in [1.82, 2.24) is 4.98 Å². The summed E-state index contributed by atoms with van der Waals surface area (Å²) in [5.74, 6) is 0. The molecule has 3 nitrogen and oxygen atoms in total. The van der Waals surface area contributed by atoms with Crippen molar-refractivity contribution in [3.8, 4) is 0 Å². The van der Waals surface area contributed by atoms with Crippen molar-refractivity contribution in [1.29, 1.82) is 0 Å². The molecule has 0 N–H and O–H groups in total. The Morgan fingerprint density at radius 3 is 2.75 bits per heavy atom. The van der Waals surface area contributed by atoms with Gasteiger partial charge in [0.15, 0.2) is 0 Å². The SMILES string of the molecule is C[C@H]1CN(c2ccncc2Br)C[C@H](c2ccccc2)O1. The molecule has 0 spiro atoms. The van der Waals surface area contributed by atoms with Gasteiger partial charge >= 0.3 is 0 Å². The third-order valence-electron chi connectivity index (χ3n) is 3.52. The molecule has 4 heteroatoms. The Bertz CT molecular complexity index is 576. The van der Waals surface area contributed by atoms with Gasteiger partial charge in [-0.15, -0.1) is 0 Å².